The maximum atomic E-state index is 12.5. The first kappa shape index (κ1) is 15.7. The van der Waals surface area contributed by atoms with E-state index in [9.17, 15) is 4.79 Å². The first-order chi connectivity index (χ1) is 9.61. The van der Waals surface area contributed by atoms with Crippen LogP contribution in [0.4, 0.5) is 0 Å². The summed E-state index contributed by atoms with van der Waals surface area (Å²) >= 11 is 3.41. The average Bonchev–Trinajstić information content (AvgIpc) is 2.48. The summed E-state index contributed by atoms with van der Waals surface area (Å²) in [5, 5.41) is 0. The van der Waals surface area contributed by atoms with E-state index in [1.807, 2.05) is 31.2 Å². The Bertz CT molecular complexity index is 435. The predicted octanol–water partition coefficient (Wildman–Crippen LogP) is 4.53. The van der Waals surface area contributed by atoms with Crippen molar-refractivity contribution in [2.45, 2.75) is 45.6 Å². The van der Waals surface area contributed by atoms with Crippen molar-refractivity contribution in [2.75, 3.05) is 13.1 Å². The quantitative estimate of drug-likeness (QED) is 0.735. The van der Waals surface area contributed by atoms with E-state index in [0.29, 0.717) is 0 Å². The van der Waals surface area contributed by atoms with Crippen molar-refractivity contribution in [1.82, 2.24) is 4.90 Å². The molecule has 0 saturated carbocycles. The number of rotatable bonds is 5. The maximum Gasteiger partial charge on any atom is 0.179 e. The molecule has 1 heterocycles. The Morgan fingerprint density at radius 2 is 1.90 bits per heavy atom. The molecule has 1 unspecified atom stereocenters. The SMILES string of the molecule is CCCC1CCN(C(C)C(=O)c2ccc(Br)cc2)CC1. The van der Waals surface area contributed by atoms with E-state index in [0.717, 1.165) is 29.0 Å². The second-order valence-corrected chi connectivity index (χ2v) is 6.73. The first-order valence-corrected chi connectivity index (χ1v) is 8.45. The number of carbonyl (C=O) groups is 1. The van der Waals surface area contributed by atoms with E-state index in [4.69, 9.17) is 0 Å². The molecule has 2 nitrogen and oxygen atoms in total. The Hall–Kier alpha value is -0.670. The van der Waals surface area contributed by atoms with Crippen LogP contribution in [0.1, 0.15) is 49.9 Å². The molecule has 2 rings (SSSR count). The summed E-state index contributed by atoms with van der Waals surface area (Å²) in [6.07, 6.45) is 5.10. The Morgan fingerprint density at radius 1 is 1.30 bits per heavy atom. The van der Waals surface area contributed by atoms with Gasteiger partial charge in [-0.25, -0.2) is 0 Å². The van der Waals surface area contributed by atoms with Crippen molar-refractivity contribution < 1.29 is 4.79 Å². The van der Waals surface area contributed by atoms with Crippen LogP contribution in [-0.2, 0) is 0 Å². The number of hydrogen-bond donors (Lipinski definition) is 0. The molecule has 1 saturated heterocycles. The largest absolute Gasteiger partial charge is 0.293 e. The topological polar surface area (TPSA) is 20.3 Å². The van der Waals surface area contributed by atoms with Crippen molar-refractivity contribution >= 4 is 21.7 Å². The number of likely N-dealkylation sites (tertiary alicyclic amines) is 1. The van der Waals surface area contributed by atoms with Crippen LogP contribution in [0.25, 0.3) is 0 Å². The second kappa shape index (κ2) is 7.37. The zero-order chi connectivity index (χ0) is 14.5. The summed E-state index contributed by atoms with van der Waals surface area (Å²) in [5.41, 5.74) is 0.816. The minimum Gasteiger partial charge on any atom is -0.293 e. The number of hydrogen-bond acceptors (Lipinski definition) is 2. The molecule has 1 aromatic carbocycles. The highest BCUT2D eigenvalue weighted by Gasteiger charge is 2.26. The van der Waals surface area contributed by atoms with Crippen LogP contribution < -0.4 is 0 Å². The Labute approximate surface area is 130 Å². The van der Waals surface area contributed by atoms with E-state index < -0.39 is 0 Å². The Balaban J connectivity index is 1.93. The van der Waals surface area contributed by atoms with Crippen LogP contribution in [0.2, 0.25) is 0 Å². The van der Waals surface area contributed by atoms with Gasteiger partial charge in [0, 0.05) is 10.0 Å². The van der Waals surface area contributed by atoms with Gasteiger partial charge in [0.05, 0.1) is 6.04 Å². The molecular weight excluding hydrogens is 314 g/mol. The normalized spacial score (nSPS) is 18.9. The second-order valence-electron chi connectivity index (χ2n) is 5.82. The molecule has 0 aromatic heterocycles. The molecule has 0 spiro atoms. The van der Waals surface area contributed by atoms with Crippen molar-refractivity contribution in [3.8, 4) is 0 Å². The van der Waals surface area contributed by atoms with Crippen LogP contribution in [0.5, 0.6) is 0 Å². The number of carbonyl (C=O) groups excluding carboxylic acids is 1. The van der Waals surface area contributed by atoms with Gasteiger partial charge >= 0.3 is 0 Å². The number of halogens is 1. The lowest BCUT2D eigenvalue weighted by molar-refractivity contribution is 0.0766. The molecule has 0 aliphatic carbocycles. The lowest BCUT2D eigenvalue weighted by Gasteiger charge is -2.35. The van der Waals surface area contributed by atoms with Gasteiger partial charge in [-0.15, -0.1) is 0 Å². The third-order valence-electron chi connectivity index (χ3n) is 4.40. The highest BCUT2D eigenvalue weighted by atomic mass is 79.9. The average molecular weight is 338 g/mol. The molecule has 1 atom stereocenters. The van der Waals surface area contributed by atoms with Crippen LogP contribution in [0, 0.1) is 5.92 Å². The van der Waals surface area contributed by atoms with E-state index >= 15 is 0 Å². The summed E-state index contributed by atoms with van der Waals surface area (Å²) in [4.78, 5) is 14.8. The Morgan fingerprint density at radius 3 is 2.45 bits per heavy atom. The number of nitrogens with zero attached hydrogens (tertiary/aromatic N) is 1. The van der Waals surface area contributed by atoms with Crippen LogP contribution in [0.3, 0.4) is 0 Å². The van der Waals surface area contributed by atoms with Gasteiger partial charge in [-0.3, -0.25) is 9.69 Å². The fourth-order valence-corrected chi connectivity index (χ4v) is 3.32. The molecule has 20 heavy (non-hydrogen) atoms. The van der Waals surface area contributed by atoms with Gasteiger partial charge in [0.25, 0.3) is 0 Å². The zero-order valence-corrected chi connectivity index (χ0v) is 14.0. The fourth-order valence-electron chi connectivity index (χ4n) is 3.06. The lowest BCUT2D eigenvalue weighted by Crippen LogP contribution is -2.44. The highest BCUT2D eigenvalue weighted by molar-refractivity contribution is 9.10. The summed E-state index contributed by atoms with van der Waals surface area (Å²) in [7, 11) is 0. The minimum atomic E-state index is -0.00116. The standard InChI is InChI=1S/C17H24BrNO/c1-3-4-14-9-11-19(12-10-14)13(2)17(20)15-5-7-16(18)8-6-15/h5-8,13-14H,3-4,9-12H2,1-2H3. The van der Waals surface area contributed by atoms with E-state index in [1.165, 1.54) is 25.7 Å². The smallest absolute Gasteiger partial charge is 0.179 e. The molecule has 0 amide bonds. The summed E-state index contributed by atoms with van der Waals surface area (Å²) in [6.45, 7) is 6.43. The highest BCUT2D eigenvalue weighted by Crippen LogP contribution is 2.24. The monoisotopic (exact) mass is 337 g/mol. The van der Waals surface area contributed by atoms with Gasteiger partial charge in [-0.05, 0) is 50.9 Å². The van der Waals surface area contributed by atoms with Crippen molar-refractivity contribution in [3.05, 3.63) is 34.3 Å². The number of ketones is 1. The van der Waals surface area contributed by atoms with Crippen LogP contribution >= 0.6 is 15.9 Å². The van der Waals surface area contributed by atoms with Gasteiger partial charge in [-0.2, -0.15) is 0 Å². The molecule has 0 radical (unpaired) electrons. The predicted molar refractivity (Wildman–Crippen MR) is 87.1 cm³/mol. The molecule has 1 aromatic rings. The van der Waals surface area contributed by atoms with Crippen LogP contribution in [-0.4, -0.2) is 29.8 Å². The number of piperidine rings is 1. The van der Waals surface area contributed by atoms with Crippen LogP contribution in [0.15, 0.2) is 28.7 Å². The zero-order valence-electron chi connectivity index (χ0n) is 12.4. The van der Waals surface area contributed by atoms with E-state index in [2.05, 4.69) is 27.8 Å². The molecule has 1 fully saturated rings. The van der Waals surface area contributed by atoms with Crippen molar-refractivity contribution in [1.29, 1.82) is 0 Å². The van der Waals surface area contributed by atoms with Gasteiger partial charge < -0.3 is 0 Å². The summed E-state index contributed by atoms with van der Waals surface area (Å²) < 4.78 is 1.02. The first-order valence-electron chi connectivity index (χ1n) is 7.65. The third kappa shape index (κ3) is 3.92. The van der Waals surface area contributed by atoms with Gasteiger partial charge in [0.2, 0.25) is 0 Å². The van der Waals surface area contributed by atoms with Crippen molar-refractivity contribution in [3.63, 3.8) is 0 Å². The van der Waals surface area contributed by atoms with Gasteiger partial charge in [0.15, 0.2) is 5.78 Å². The van der Waals surface area contributed by atoms with Crippen molar-refractivity contribution in [2.24, 2.45) is 5.92 Å². The molecule has 1 aliphatic heterocycles. The van der Waals surface area contributed by atoms with E-state index in [1.54, 1.807) is 0 Å². The third-order valence-corrected chi connectivity index (χ3v) is 4.93. The molecule has 0 bridgehead atoms. The molecule has 3 heteroatoms. The van der Waals surface area contributed by atoms with E-state index in [-0.39, 0.29) is 11.8 Å². The minimum absolute atomic E-state index is 0.00116. The fraction of sp³-hybridized carbons (Fsp3) is 0.588. The lowest BCUT2D eigenvalue weighted by atomic mass is 9.91. The van der Waals surface area contributed by atoms with Gasteiger partial charge in [0.1, 0.15) is 0 Å². The molecule has 1 aliphatic rings. The summed E-state index contributed by atoms with van der Waals surface area (Å²) in [6, 6.07) is 7.69. The molecule has 110 valence electrons. The number of Topliss-reactive ketones (excluding diaryl/α,β-unsaturated/α-hetero) is 1. The molecule has 0 N–H and O–H groups in total. The maximum absolute atomic E-state index is 12.5. The number of benzene rings is 1. The Kier molecular flexibility index (Phi) is 5.79. The molecular formula is C17H24BrNO. The summed E-state index contributed by atoms with van der Waals surface area (Å²) in [5.74, 6) is 1.11. The van der Waals surface area contributed by atoms with Gasteiger partial charge in [-0.1, -0.05) is 47.8 Å².